The molecule has 12 aromatic rings. The van der Waals surface area contributed by atoms with Crippen molar-refractivity contribution < 1.29 is 4.42 Å². The maximum absolute atomic E-state index is 6.69. The standard InChI is InChI=1S/C56H34N4O/c1-2-9-35(10-3-1)36-17-19-37(20-18-36)38-21-23-40(24-22-38)54-58-55(42-12-8-11-41(31-42)39-27-29-57-30-28-39)60-56(59-54)43-25-26-48-51-33-49-46-15-6-4-13-44(46)45-14-5-7-16-47(45)50(49)34-53(51)61-52(48)32-43/h1-34H. The van der Waals surface area contributed by atoms with Gasteiger partial charge in [0.05, 0.1) is 0 Å². The van der Waals surface area contributed by atoms with Crippen molar-refractivity contribution in [2.75, 3.05) is 0 Å². The molecule has 0 saturated carbocycles. The quantitative estimate of drug-likeness (QED) is 0.157. The van der Waals surface area contributed by atoms with Crippen LogP contribution in [0.3, 0.4) is 0 Å². The molecule has 5 heteroatoms. The van der Waals surface area contributed by atoms with Crippen molar-refractivity contribution in [2.24, 2.45) is 0 Å². The van der Waals surface area contributed by atoms with Gasteiger partial charge in [0.1, 0.15) is 11.2 Å². The molecule has 3 heterocycles. The minimum atomic E-state index is 0.569. The Morgan fingerprint density at radius 3 is 1.30 bits per heavy atom. The van der Waals surface area contributed by atoms with Gasteiger partial charge in [-0.1, -0.05) is 152 Å². The fraction of sp³-hybridized carbons (Fsp3) is 0. The highest BCUT2D eigenvalue weighted by molar-refractivity contribution is 6.28. The molecule has 9 aromatic carbocycles. The van der Waals surface area contributed by atoms with Gasteiger partial charge in [0, 0.05) is 39.9 Å². The van der Waals surface area contributed by atoms with Gasteiger partial charge >= 0.3 is 0 Å². The van der Waals surface area contributed by atoms with Gasteiger partial charge in [0.25, 0.3) is 0 Å². The Hall–Kier alpha value is -8.28. The SMILES string of the molecule is c1ccc(-c2ccc(-c3ccc(-c4nc(-c5cccc(-c6ccncc6)c5)nc(-c5ccc6c(c5)oc5cc7c8ccccc8c8ccccc8c7cc56)n4)cc3)cc2)cc1. The van der Waals surface area contributed by atoms with Gasteiger partial charge in [-0.15, -0.1) is 0 Å². The Bertz CT molecular complexity index is 3620. The number of nitrogens with zero attached hydrogens (tertiary/aromatic N) is 4. The molecule has 0 radical (unpaired) electrons. The molecule has 0 spiro atoms. The lowest BCUT2D eigenvalue weighted by Crippen LogP contribution is -2.00. The molecule has 0 bridgehead atoms. The second kappa shape index (κ2) is 14.2. The van der Waals surface area contributed by atoms with Gasteiger partial charge < -0.3 is 4.42 Å². The van der Waals surface area contributed by atoms with Crippen LogP contribution < -0.4 is 0 Å². The van der Waals surface area contributed by atoms with Crippen molar-refractivity contribution >= 4 is 54.3 Å². The summed E-state index contributed by atoms with van der Waals surface area (Å²) in [5, 5.41) is 9.45. The Morgan fingerprint density at radius 2 is 0.672 bits per heavy atom. The van der Waals surface area contributed by atoms with E-state index in [9.17, 15) is 0 Å². The highest BCUT2D eigenvalue weighted by Gasteiger charge is 2.17. The smallest absolute Gasteiger partial charge is 0.164 e. The van der Waals surface area contributed by atoms with Crippen LogP contribution in [0.1, 0.15) is 0 Å². The summed E-state index contributed by atoms with van der Waals surface area (Å²) in [7, 11) is 0. The molecule has 5 nitrogen and oxygen atoms in total. The van der Waals surface area contributed by atoms with E-state index in [0.717, 1.165) is 60.9 Å². The number of furan rings is 1. The lowest BCUT2D eigenvalue weighted by atomic mass is 9.93. The summed E-state index contributed by atoms with van der Waals surface area (Å²) < 4.78 is 6.69. The van der Waals surface area contributed by atoms with Gasteiger partial charge in [-0.05, 0) is 108 Å². The lowest BCUT2D eigenvalue weighted by Gasteiger charge is -2.10. The largest absolute Gasteiger partial charge is 0.456 e. The van der Waals surface area contributed by atoms with Crippen LogP contribution in [0, 0.1) is 0 Å². The first-order valence-corrected chi connectivity index (χ1v) is 20.4. The van der Waals surface area contributed by atoms with Crippen molar-refractivity contribution in [3.63, 3.8) is 0 Å². The number of pyridine rings is 1. The van der Waals surface area contributed by atoms with Crippen molar-refractivity contribution in [3.05, 3.63) is 207 Å². The number of benzene rings is 9. The third-order valence-corrected chi connectivity index (χ3v) is 11.8. The number of aromatic nitrogens is 4. The molecule has 61 heavy (non-hydrogen) atoms. The van der Waals surface area contributed by atoms with Crippen molar-refractivity contribution in [1.29, 1.82) is 0 Å². The summed E-state index contributed by atoms with van der Waals surface area (Å²) in [4.78, 5) is 19.6. The molecule has 284 valence electrons. The molecule has 0 aliphatic carbocycles. The first-order valence-electron chi connectivity index (χ1n) is 20.4. The summed E-state index contributed by atoms with van der Waals surface area (Å²) in [6.07, 6.45) is 3.62. The number of rotatable bonds is 6. The zero-order valence-corrected chi connectivity index (χ0v) is 32.8. The van der Waals surface area contributed by atoms with Crippen LogP contribution in [0.5, 0.6) is 0 Å². The van der Waals surface area contributed by atoms with Crippen molar-refractivity contribution in [2.45, 2.75) is 0 Å². The Labute approximate surface area is 351 Å². The summed E-state index contributed by atoms with van der Waals surface area (Å²) in [6.45, 7) is 0. The topological polar surface area (TPSA) is 64.7 Å². The van der Waals surface area contributed by atoms with Crippen LogP contribution in [-0.2, 0) is 0 Å². The van der Waals surface area contributed by atoms with E-state index in [0.29, 0.717) is 17.5 Å². The summed E-state index contributed by atoms with van der Waals surface area (Å²) in [5.74, 6) is 1.75. The van der Waals surface area contributed by atoms with E-state index in [2.05, 4.69) is 175 Å². The molecule has 0 fully saturated rings. The predicted octanol–water partition coefficient (Wildman–Crippen LogP) is 14.6. The first kappa shape index (κ1) is 34.7. The van der Waals surface area contributed by atoms with Crippen LogP contribution in [-0.4, -0.2) is 19.9 Å². The van der Waals surface area contributed by atoms with Gasteiger partial charge in [0.2, 0.25) is 0 Å². The maximum Gasteiger partial charge on any atom is 0.164 e. The molecule has 0 amide bonds. The minimum Gasteiger partial charge on any atom is -0.456 e. The van der Waals surface area contributed by atoms with E-state index >= 15 is 0 Å². The van der Waals surface area contributed by atoms with E-state index in [1.807, 2.05) is 36.7 Å². The average molecular weight is 779 g/mol. The van der Waals surface area contributed by atoms with Crippen molar-refractivity contribution in [1.82, 2.24) is 19.9 Å². The zero-order chi connectivity index (χ0) is 40.3. The molecule has 0 aliphatic rings. The molecule has 3 aromatic heterocycles. The monoisotopic (exact) mass is 778 g/mol. The molecular formula is C56H34N4O. The van der Waals surface area contributed by atoms with Crippen LogP contribution in [0.25, 0.3) is 122 Å². The number of hydrogen-bond donors (Lipinski definition) is 0. The van der Waals surface area contributed by atoms with Crippen LogP contribution in [0.4, 0.5) is 0 Å². The van der Waals surface area contributed by atoms with E-state index in [1.165, 1.54) is 43.4 Å². The predicted molar refractivity (Wildman–Crippen MR) is 250 cm³/mol. The summed E-state index contributed by atoms with van der Waals surface area (Å²) in [6, 6.07) is 68.0. The second-order valence-electron chi connectivity index (χ2n) is 15.4. The molecule has 0 N–H and O–H groups in total. The third-order valence-electron chi connectivity index (χ3n) is 11.8. The lowest BCUT2D eigenvalue weighted by molar-refractivity contribution is 0.669. The van der Waals surface area contributed by atoms with Crippen LogP contribution in [0.15, 0.2) is 211 Å². The number of hydrogen-bond acceptors (Lipinski definition) is 5. The van der Waals surface area contributed by atoms with Gasteiger partial charge in [-0.25, -0.2) is 15.0 Å². The second-order valence-corrected chi connectivity index (χ2v) is 15.4. The summed E-state index contributed by atoms with van der Waals surface area (Å²) in [5.41, 5.74) is 11.0. The van der Waals surface area contributed by atoms with Crippen LogP contribution in [0.2, 0.25) is 0 Å². The number of fused-ring (bicyclic) bond motifs is 9. The normalized spacial score (nSPS) is 11.6. The molecule has 0 unspecified atom stereocenters. The first-order chi connectivity index (χ1) is 30.2. The van der Waals surface area contributed by atoms with E-state index in [-0.39, 0.29) is 0 Å². The Balaban J connectivity index is 0.975. The maximum atomic E-state index is 6.69. The van der Waals surface area contributed by atoms with E-state index in [1.54, 1.807) is 0 Å². The molecule has 0 aliphatic heterocycles. The van der Waals surface area contributed by atoms with E-state index < -0.39 is 0 Å². The van der Waals surface area contributed by atoms with Gasteiger partial charge in [-0.2, -0.15) is 0 Å². The molecular weight excluding hydrogens is 745 g/mol. The highest BCUT2D eigenvalue weighted by Crippen LogP contribution is 2.41. The van der Waals surface area contributed by atoms with E-state index in [4.69, 9.17) is 19.4 Å². The zero-order valence-electron chi connectivity index (χ0n) is 32.8. The highest BCUT2D eigenvalue weighted by atomic mass is 16.3. The Morgan fingerprint density at radius 1 is 0.246 bits per heavy atom. The Kier molecular flexibility index (Phi) is 8.10. The molecule has 12 rings (SSSR count). The fourth-order valence-corrected chi connectivity index (χ4v) is 8.76. The molecule has 0 atom stereocenters. The molecule has 0 saturated heterocycles. The minimum absolute atomic E-state index is 0.569. The summed E-state index contributed by atoms with van der Waals surface area (Å²) >= 11 is 0. The average Bonchev–Trinajstić information content (AvgIpc) is 3.71. The fourth-order valence-electron chi connectivity index (χ4n) is 8.76. The van der Waals surface area contributed by atoms with Gasteiger partial charge in [0.15, 0.2) is 17.5 Å². The van der Waals surface area contributed by atoms with Gasteiger partial charge in [-0.3, -0.25) is 4.98 Å². The van der Waals surface area contributed by atoms with Crippen LogP contribution >= 0.6 is 0 Å². The third kappa shape index (κ3) is 6.10. The van der Waals surface area contributed by atoms with Crippen molar-refractivity contribution in [3.8, 4) is 67.5 Å².